The standard InChI is InChI=1S/C12H12F2N2/c1-8(2)11-6-15-7-16(11)10-5-3-4-9(13)12(10)14/h3-8H,1-2H3. The van der Waals surface area contributed by atoms with Gasteiger partial charge in [-0.1, -0.05) is 19.9 Å². The van der Waals surface area contributed by atoms with E-state index in [0.717, 1.165) is 11.8 Å². The summed E-state index contributed by atoms with van der Waals surface area (Å²) in [5, 5.41) is 0. The van der Waals surface area contributed by atoms with Crippen LogP contribution in [0.25, 0.3) is 5.69 Å². The molecule has 0 radical (unpaired) electrons. The third-order valence-electron chi connectivity index (χ3n) is 2.45. The van der Waals surface area contributed by atoms with Crippen molar-refractivity contribution >= 4 is 0 Å². The number of hydrogen-bond acceptors (Lipinski definition) is 1. The molecule has 0 fully saturated rings. The van der Waals surface area contributed by atoms with Gasteiger partial charge in [-0.2, -0.15) is 0 Å². The SMILES string of the molecule is CC(C)c1cncn1-c1cccc(F)c1F. The van der Waals surface area contributed by atoms with Crippen LogP contribution in [0.3, 0.4) is 0 Å². The van der Waals surface area contributed by atoms with Crippen molar-refractivity contribution in [3.05, 3.63) is 48.1 Å². The number of imidazole rings is 1. The van der Waals surface area contributed by atoms with Gasteiger partial charge in [0.2, 0.25) is 0 Å². The molecule has 0 spiro atoms. The molecule has 0 atom stereocenters. The van der Waals surface area contributed by atoms with Crippen LogP contribution in [0.1, 0.15) is 25.5 Å². The van der Waals surface area contributed by atoms with Gasteiger partial charge in [0.05, 0.1) is 12.0 Å². The summed E-state index contributed by atoms with van der Waals surface area (Å²) in [6, 6.07) is 4.12. The lowest BCUT2D eigenvalue weighted by Crippen LogP contribution is -2.04. The van der Waals surface area contributed by atoms with Gasteiger partial charge in [0, 0.05) is 11.9 Å². The van der Waals surface area contributed by atoms with Gasteiger partial charge in [0.15, 0.2) is 11.6 Å². The lowest BCUT2D eigenvalue weighted by molar-refractivity contribution is 0.503. The number of halogens is 2. The minimum atomic E-state index is -0.846. The Morgan fingerprint density at radius 2 is 2.00 bits per heavy atom. The van der Waals surface area contributed by atoms with Crippen molar-refractivity contribution < 1.29 is 8.78 Å². The van der Waals surface area contributed by atoms with Crippen molar-refractivity contribution in [3.63, 3.8) is 0 Å². The highest BCUT2D eigenvalue weighted by Crippen LogP contribution is 2.21. The zero-order chi connectivity index (χ0) is 11.7. The van der Waals surface area contributed by atoms with Gasteiger partial charge >= 0.3 is 0 Å². The summed E-state index contributed by atoms with van der Waals surface area (Å²) in [4.78, 5) is 3.96. The maximum Gasteiger partial charge on any atom is 0.182 e. The molecule has 0 aliphatic rings. The molecule has 0 N–H and O–H groups in total. The molecule has 1 heterocycles. The van der Waals surface area contributed by atoms with Gasteiger partial charge in [-0.25, -0.2) is 13.8 Å². The average Bonchev–Trinajstić information content (AvgIpc) is 2.70. The van der Waals surface area contributed by atoms with Gasteiger partial charge in [-0.3, -0.25) is 4.57 Å². The highest BCUT2D eigenvalue weighted by atomic mass is 19.2. The maximum atomic E-state index is 13.6. The summed E-state index contributed by atoms with van der Waals surface area (Å²) in [7, 11) is 0. The summed E-state index contributed by atoms with van der Waals surface area (Å²) < 4.78 is 28.3. The molecule has 0 unspecified atom stereocenters. The first-order valence-electron chi connectivity index (χ1n) is 5.08. The van der Waals surface area contributed by atoms with Gasteiger partial charge in [0.1, 0.15) is 0 Å². The second kappa shape index (κ2) is 4.04. The van der Waals surface area contributed by atoms with E-state index in [1.165, 1.54) is 18.5 Å². The Hall–Kier alpha value is -1.71. The summed E-state index contributed by atoms with van der Waals surface area (Å²) >= 11 is 0. The van der Waals surface area contributed by atoms with Crippen LogP contribution in [0.15, 0.2) is 30.7 Å². The number of nitrogens with zero attached hydrogens (tertiary/aromatic N) is 2. The molecule has 2 aromatic rings. The summed E-state index contributed by atoms with van der Waals surface area (Å²) in [6.45, 7) is 3.95. The van der Waals surface area contributed by atoms with Crippen molar-refractivity contribution in [1.82, 2.24) is 9.55 Å². The first-order chi connectivity index (χ1) is 7.61. The number of hydrogen-bond donors (Lipinski definition) is 0. The Bertz CT molecular complexity index is 503. The van der Waals surface area contributed by atoms with E-state index in [4.69, 9.17) is 0 Å². The molecule has 1 aromatic carbocycles. The second-order valence-electron chi connectivity index (χ2n) is 3.92. The molecule has 0 saturated carbocycles. The van der Waals surface area contributed by atoms with Crippen LogP contribution in [-0.2, 0) is 0 Å². The fourth-order valence-corrected chi connectivity index (χ4v) is 1.61. The maximum absolute atomic E-state index is 13.6. The minimum absolute atomic E-state index is 0.196. The van der Waals surface area contributed by atoms with Gasteiger partial charge in [-0.05, 0) is 18.1 Å². The topological polar surface area (TPSA) is 17.8 Å². The molecule has 0 bridgehead atoms. The highest BCUT2D eigenvalue weighted by Gasteiger charge is 2.13. The Morgan fingerprint density at radius 1 is 1.25 bits per heavy atom. The van der Waals surface area contributed by atoms with E-state index in [1.54, 1.807) is 10.8 Å². The molecular formula is C12H12F2N2. The zero-order valence-corrected chi connectivity index (χ0v) is 9.11. The smallest absolute Gasteiger partial charge is 0.182 e. The van der Waals surface area contributed by atoms with Crippen LogP contribution in [-0.4, -0.2) is 9.55 Å². The van der Waals surface area contributed by atoms with Gasteiger partial charge in [-0.15, -0.1) is 0 Å². The number of aromatic nitrogens is 2. The molecular weight excluding hydrogens is 210 g/mol. The molecule has 16 heavy (non-hydrogen) atoms. The monoisotopic (exact) mass is 222 g/mol. The van der Waals surface area contributed by atoms with E-state index < -0.39 is 11.6 Å². The molecule has 4 heteroatoms. The van der Waals surface area contributed by atoms with Crippen molar-refractivity contribution in [3.8, 4) is 5.69 Å². The fourth-order valence-electron chi connectivity index (χ4n) is 1.61. The highest BCUT2D eigenvalue weighted by molar-refractivity contribution is 5.36. The number of rotatable bonds is 2. The summed E-state index contributed by atoms with van der Waals surface area (Å²) in [5.41, 5.74) is 1.05. The molecule has 2 rings (SSSR count). The first-order valence-corrected chi connectivity index (χ1v) is 5.08. The summed E-state index contributed by atoms with van der Waals surface area (Å²) in [5.74, 6) is -1.49. The third kappa shape index (κ3) is 1.71. The van der Waals surface area contributed by atoms with Crippen LogP contribution in [0.4, 0.5) is 8.78 Å². The van der Waals surface area contributed by atoms with Crippen LogP contribution >= 0.6 is 0 Å². The Labute approximate surface area is 92.6 Å². The Balaban J connectivity index is 2.59. The van der Waals surface area contributed by atoms with E-state index in [1.807, 2.05) is 13.8 Å². The van der Waals surface area contributed by atoms with E-state index in [2.05, 4.69) is 4.98 Å². The van der Waals surface area contributed by atoms with Crippen molar-refractivity contribution in [2.45, 2.75) is 19.8 Å². The second-order valence-corrected chi connectivity index (χ2v) is 3.92. The molecule has 0 aliphatic carbocycles. The van der Waals surface area contributed by atoms with E-state index in [-0.39, 0.29) is 11.6 Å². The molecule has 0 amide bonds. The van der Waals surface area contributed by atoms with Crippen LogP contribution in [0.5, 0.6) is 0 Å². The molecule has 84 valence electrons. The van der Waals surface area contributed by atoms with Crippen molar-refractivity contribution in [1.29, 1.82) is 0 Å². The van der Waals surface area contributed by atoms with Crippen LogP contribution in [0, 0.1) is 11.6 Å². The molecule has 2 nitrogen and oxygen atoms in total. The van der Waals surface area contributed by atoms with E-state index in [0.29, 0.717) is 0 Å². The molecule has 0 saturated heterocycles. The molecule has 1 aromatic heterocycles. The largest absolute Gasteiger partial charge is 0.300 e. The minimum Gasteiger partial charge on any atom is -0.300 e. The van der Waals surface area contributed by atoms with E-state index >= 15 is 0 Å². The summed E-state index contributed by atoms with van der Waals surface area (Å²) in [6.07, 6.45) is 3.15. The van der Waals surface area contributed by atoms with Gasteiger partial charge in [0.25, 0.3) is 0 Å². The zero-order valence-electron chi connectivity index (χ0n) is 9.11. The normalized spacial score (nSPS) is 11.1. The third-order valence-corrected chi connectivity index (χ3v) is 2.45. The Kier molecular flexibility index (Phi) is 2.73. The van der Waals surface area contributed by atoms with Crippen molar-refractivity contribution in [2.75, 3.05) is 0 Å². The quantitative estimate of drug-likeness (QED) is 0.762. The van der Waals surface area contributed by atoms with Crippen LogP contribution < -0.4 is 0 Å². The van der Waals surface area contributed by atoms with E-state index in [9.17, 15) is 8.78 Å². The van der Waals surface area contributed by atoms with Gasteiger partial charge < -0.3 is 0 Å². The Morgan fingerprint density at radius 3 is 2.69 bits per heavy atom. The first kappa shape index (κ1) is 10.8. The van der Waals surface area contributed by atoms with Crippen molar-refractivity contribution in [2.24, 2.45) is 0 Å². The lowest BCUT2D eigenvalue weighted by Gasteiger charge is -2.11. The fraction of sp³-hybridized carbons (Fsp3) is 0.250. The average molecular weight is 222 g/mol. The predicted molar refractivity (Wildman–Crippen MR) is 57.6 cm³/mol. The predicted octanol–water partition coefficient (Wildman–Crippen LogP) is 3.27. The molecule has 0 aliphatic heterocycles. The van der Waals surface area contributed by atoms with Crippen LogP contribution in [0.2, 0.25) is 0 Å². The number of benzene rings is 1. The lowest BCUT2D eigenvalue weighted by atomic mass is 10.1.